The van der Waals surface area contributed by atoms with Crippen LogP contribution in [0.2, 0.25) is 5.02 Å². The van der Waals surface area contributed by atoms with Crippen molar-refractivity contribution < 1.29 is 19.1 Å². The lowest BCUT2D eigenvalue weighted by Gasteiger charge is -2.19. The van der Waals surface area contributed by atoms with Crippen molar-refractivity contribution in [3.8, 4) is 0 Å². The van der Waals surface area contributed by atoms with Gasteiger partial charge in [-0.3, -0.25) is 9.59 Å². The zero-order valence-electron chi connectivity index (χ0n) is 16.4. The van der Waals surface area contributed by atoms with E-state index < -0.39 is 12.1 Å². The van der Waals surface area contributed by atoms with Crippen LogP contribution in [-0.2, 0) is 20.9 Å². The fourth-order valence-corrected chi connectivity index (χ4v) is 3.29. The van der Waals surface area contributed by atoms with Gasteiger partial charge in [0.15, 0.2) is 6.10 Å². The van der Waals surface area contributed by atoms with Crippen molar-refractivity contribution in [2.24, 2.45) is 0 Å². The predicted octanol–water partition coefficient (Wildman–Crippen LogP) is 3.64. The number of anilines is 1. The molecule has 1 atom stereocenters. The molecule has 0 saturated carbocycles. The first kappa shape index (κ1) is 20.9. The Balaban J connectivity index is 1.61. The zero-order chi connectivity index (χ0) is 21.0. The lowest BCUT2D eigenvalue weighted by atomic mass is 10.1. The van der Waals surface area contributed by atoms with E-state index in [2.05, 4.69) is 5.32 Å². The van der Waals surface area contributed by atoms with Crippen LogP contribution in [0, 0.1) is 6.92 Å². The maximum Gasteiger partial charge on any atom is 0.338 e. The van der Waals surface area contributed by atoms with Crippen molar-refractivity contribution in [3.63, 3.8) is 0 Å². The number of halogens is 1. The summed E-state index contributed by atoms with van der Waals surface area (Å²) in [5, 5.41) is 3.15. The molecule has 29 heavy (non-hydrogen) atoms. The third-order valence-corrected chi connectivity index (χ3v) is 5.11. The Morgan fingerprint density at radius 3 is 2.59 bits per heavy atom. The second kappa shape index (κ2) is 9.09. The average Bonchev–Trinajstić information content (AvgIpc) is 3.13. The number of benzene rings is 2. The summed E-state index contributed by atoms with van der Waals surface area (Å²) in [5.41, 5.74) is 2.82. The molecule has 0 spiro atoms. The molecule has 3 rings (SSSR count). The number of ether oxygens (including phenoxy) is 1. The fourth-order valence-electron chi connectivity index (χ4n) is 3.07. The smallest absolute Gasteiger partial charge is 0.338 e. The summed E-state index contributed by atoms with van der Waals surface area (Å²) in [5.74, 6) is -1.06. The second-order valence-electron chi connectivity index (χ2n) is 7.07. The molecule has 1 fully saturated rings. The SMILES string of the molecule is Cc1ccc(CNC(=O)[C@@H](C)OC(=O)c2ccc(Cl)c(N3CCCC3=O)c2)cc1. The van der Waals surface area contributed by atoms with Crippen LogP contribution in [0.1, 0.15) is 41.3 Å². The van der Waals surface area contributed by atoms with Gasteiger partial charge in [-0.25, -0.2) is 4.79 Å². The maximum atomic E-state index is 12.5. The molecule has 0 aliphatic carbocycles. The molecule has 0 unspecified atom stereocenters. The van der Waals surface area contributed by atoms with E-state index in [4.69, 9.17) is 16.3 Å². The molecule has 6 nitrogen and oxygen atoms in total. The average molecular weight is 415 g/mol. The van der Waals surface area contributed by atoms with Gasteiger partial charge in [0.25, 0.3) is 5.91 Å². The topological polar surface area (TPSA) is 75.7 Å². The zero-order valence-corrected chi connectivity index (χ0v) is 17.2. The van der Waals surface area contributed by atoms with Gasteiger partial charge < -0.3 is 15.0 Å². The van der Waals surface area contributed by atoms with E-state index in [9.17, 15) is 14.4 Å². The molecular formula is C22H23ClN2O4. The lowest BCUT2D eigenvalue weighted by Crippen LogP contribution is -2.35. The molecule has 2 amide bonds. The number of amides is 2. The highest BCUT2D eigenvalue weighted by Gasteiger charge is 2.25. The van der Waals surface area contributed by atoms with Gasteiger partial charge in [-0.1, -0.05) is 41.4 Å². The van der Waals surface area contributed by atoms with Crippen molar-refractivity contribution in [1.29, 1.82) is 0 Å². The van der Waals surface area contributed by atoms with Crippen molar-refractivity contribution in [3.05, 3.63) is 64.2 Å². The molecule has 7 heteroatoms. The summed E-state index contributed by atoms with van der Waals surface area (Å²) >= 11 is 6.20. The van der Waals surface area contributed by atoms with Crippen molar-refractivity contribution in [1.82, 2.24) is 5.32 Å². The molecule has 0 aromatic heterocycles. The summed E-state index contributed by atoms with van der Waals surface area (Å²) in [6.07, 6.45) is 0.256. The van der Waals surface area contributed by atoms with E-state index >= 15 is 0 Å². The number of nitrogens with one attached hydrogen (secondary N) is 1. The van der Waals surface area contributed by atoms with E-state index in [1.807, 2.05) is 31.2 Å². The molecule has 0 radical (unpaired) electrons. The van der Waals surface area contributed by atoms with Crippen molar-refractivity contribution in [2.75, 3.05) is 11.4 Å². The lowest BCUT2D eigenvalue weighted by molar-refractivity contribution is -0.129. The van der Waals surface area contributed by atoms with E-state index in [0.717, 1.165) is 17.5 Å². The Kier molecular flexibility index (Phi) is 6.54. The van der Waals surface area contributed by atoms with Crippen LogP contribution in [-0.4, -0.2) is 30.4 Å². The van der Waals surface area contributed by atoms with Crippen LogP contribution >= 0.6 is 11.6 Å². The number of hydrogen-bond acceptors (Lipinski definition) is 4. The normalized spacial score (nSPS) is 14.6. The first-order valence-corrected chi connectivity index (χ1v) is 9.87. The van der Waals surface area contributed by atoms with Gasteiger partial charge in [0.05, 0.1) is 16.3 Å². The van der Waals surface area contributed by atoms with Gasteiger partial charge >= 0.3 is 5.97 Å². The molecule has 0 bridgehead atoms. The summed E-state index contributed by atoms with van der Waals surface area (Å²) in [7, 11) is 0. The second-order valence-corrected chi connectivity index (χ2v) is 7.47. The summed E-state index contributed by atoms with van der Waals surface area (Å²) in [6, 6.07) is 12.4. The quantitative estimate of drug-likeness (QED) is 0.732. The van der Waals surface area contributed by atoms with E-state index in [1.165, 1.54) is 19.1 Å². The third kappa shape index (κ3) is 5.15. The van der Waals surface area contributed by atoms with Crippen LogP contribution in [0.15, 0.2) is 42.5 Å². The largest absolute Gasteiger partial charge is 0.449 e. The number of nitrogens with zero attached hydrogens (tertiary/aromatic N) is 1. The van der Waals surface area contributed by atoms with E-state index in [-0.39, 0.29) is 17.4 Å². The highest BCUT2D eigenvalue weighted by Crippen LogP contribution is 2.30. The number of rotatable bonds is 6. The van der Waals surface area contributed by atoms with Gasteiger partial charge in [-0.05, 0) is 44.0 Å². The number of esters is 1. The molecule has 1 N–H and O–H groups in total. The molecule has 152 valence electrons. The molecular weight excluding hydrogens is 392 g/mol. The van der Waals surface area contributed by atoms with Crippen molar-refractivity contribution >= 4 is 35.1 Å². The van der Waals surface area contributed by atoms with Crippen molar-refractivity contribution in [2.45, 2.75) is 39.3 Å². The van der Waals surface area contributed by atoms with E-state index in [0.29, 0.717) is 30.2 Å². The third-order valence-electron chi connectivity index (χ3n) is 4.79. The molecule has 2 aromatic rings. The van der Waals surface area contributed by atoms with Crippen LogP contribution in [0.25, 0.3) is 0 Å². The van der Waals surface area contributed by atoms with Gasteiger partial charge in [0.2, 0.25) is 5.91 Å². The number of carbonyl (C=O) groups is 3. The molecule has 2 aromatic carbocycles. The number of carbonyl (C=O) groups excluding carboxylic acids is 3. The summed E-state index contributed by atoms with van der Waals surface area (Å²) in [4.78, 5) is 38.3. The fraction of sp³-hybridized carbons (Fsp3) is 0.318. The number of hydrogen-bond donors (Lipinski definition) is 1. The Bertz CT molecular complexity index is 927. The summed E-state index contributed by atoms with van der Waals surface area (Å²) < 4.78 is 5.29. The molecule has 1 saturated heterocycles. The molecule has 1 aliphatic rings. The monoisotopic (exact) mass is 414 g/mol. The van der Waals surface area contributed by atoms with Crippen LogP contribution < -0.4 is 10.2 Å². The van der Waals surface area contributed by atoms with Gasteiger partial charge in [0, 0.05) is 19.5 Å². The van der Waals surface area contributed by atoms with Crippen LogP contribution in [0.5, 0.6) is 0 Å². The first-order chi connectivity index (χ1) is 13.8. The van der Waals surface area contributed by atoms with Crippen LogP contribution in [0.3, 0.4) is 0 Å². The van der Waals surface area contributed by atoms with Gasteiger partial charge in [-0.15, -0.1) is 0 Å². The summed E-state index contributed by atoms with van der Waals surface area (Å²) in [6.45, 7) is 4.42. The Labute approximate surface area is 174 Å². The maximum absolute atomic E-state index is 12.5. The Morgan fingerprint density at radius 2 is 1.93 bits per heavy atom. The minimum atomic E-state index is -0.958. The Morgan fingerprint density at radius 1 is 1.21 bits per heavy atom. The van der Waals surface area contributed by atoms with E-state index in [1.54, 1.807) is 11.0 Å². The highest BCUT2D eigenvalue weighted by atomic mass is 35.5. The number of aryl methyl sites for hydroxylation is 1. The van der Waals surface area contributed by atoms with Gasteiger partial charge in [-0.2, -0.15) is 0 Å². The minimum absolute atomic E-state index is 0.0266. The van der Waals surface area contributed by atoms with Gasteiger partial charge in [0.1, 0.15) is 0 Å². The first-order valence-electron chi connectivity index (χ1n) is 9.49. The highest BCUT2D eigenvalue weighted by molar-refractivity contribution is 6.34. The van der Waals surface area contributed by atoms with Crippen LogP contribution in [0.4, 0.5) is 5.69 Å². The molecule has 1 heterocycles. The Hall–Kier alpha value is -2.86. The predicted molar refractivity (Wildman–Crippen MR) is 111 cm³/mol. The molecule has 1 aliphatic heterocycles. The minimum Gasteiger partial charge on any atom is -0.449 e. The standard InChI is InChI=1S/C22H23ClN2O4/c1-14-5-7-16(8-6-14)13-24-21(27)15(2)29-22(28)17-9-10-18(23)19(12-17)25-11-3-4-20(25)26/h5-10,12,15H,3-4,11,13H2,1-2H3,(H,24,27)/t15-/m1/s1.